The van der Waals surface area contributed by atoms with Gasteiger partial charge in [-0.15, -0.1) is 0 Å². The summed E-state index contributed by atoms with van der Waals surface area (Å²) < 4.78 is 11.6. The van der Waals surface area contributed by atoms with E-state index in [0.29, 0.717) is 24.5 Å². The fraction of sp³-hybridized carbons (Fsp3) is 0.556. The van der Waals surface area contributed by atoms with E-state index in [-0.39, 0.29) is 18.1 Å². The van der Waals surface area contributed by atoms with Crippen LogP contribution in [0.2, 0.25) is 0 Å². The van der Waals surface area contributed by atoms with Crippen LogP contribution in [0.3, 0.4) is 0 Å². The highest BCUT2D eigenvalue weighted by Crippen LogP contribution is 2.29. The van der Waals surface area contributed by atoms with E-state index >= 15 is 0 Å². The van der Waals surface area contributed by atoms with Gasteiger partial charge in [0.15, 0.2) is 6.10 Å². The minimum atomic E-state index is -0.565. The van der Waals surface area contributed by atoms with Crippen molar-refractivity contribution in [3.05, 3.63) is 29.8 Å². The summed E-state index contributed by atoms with van der Waals surface area (Å²) in [5.74, 6) is 0.561. The van der Waals surface area contributed by atoms with Gasteiger partial charge in [-0.2, -0.15) is 5.26 Å². The van der Waals surface area contributed by atoms with Crippen molar-refractivity contribution in [1.29, 1.82) is 5.26 Å². The number of fused-ring (bicyclic) bond motifs is 1. The van der Waals surface area contributed by atoms with E-state index in [1.807, 2.05) is 4.90 Å². The van der Waals surface area contributed by atoms with Gasteiger partial charge in [-0.05, 0) is 38.0 Å². The highest BCUT2D eigenvalue weighted by atomic mass is 16.5. The third kappa shape index (κ3) is 3.48. The minimum absolute atomic E-state index is 0.00700. The molecule has 122 valence electrons. The number of hydrogen-bond acceptors (Lipinski definition) is 4. The van der Waals surface area contributed by atoms with Crippen LogP contribution in [0, 0.1) is 11.3 Å². The lowest BCUT2D eigenvalue weighted by Gasteiger charge is -2.44. The third-order valence-electron chi connectivity index (χ3n) is 4.64. The summed E-state index contributed by atoms with van der Waals surface area (Å²) >= 11 is 0. The number of nitriles is 1. The molecule has 0 radical (unpaired) electrons. The molecule has 1 saturated heterocycles. The van der Waals surface area contributed by atoms with Crippen molar-refractivity contribution < 1.29 is 14.3 Å². The number of ether oxygens (including phenoxy) is 2. The Hall–Kier alpha value is -2.06. The number of carbonyl (C=O) groups excluding carboxylic acids is 1. The van der Waals surface area contributed by atoms with Crippen LogP contribution in [0.5, 0.6) is 5.75 Å². The van der Waals surface area contributed by atoms with Crippen molar-refractivity contribution in [2.24, 2.45) is 0 Å². The first-order valence-electron chi connectivity index (χ1n) is 8.28. The van der Waals surface area contributed by atoms with E-state index in [0.717, 1.165) is 19.3 Å². The zero-order valence-corrected chi connectivity index (χ0v) is 13.4. The third-order valence-corrected chi connectivity index (χ3v) is 4.64. The number of rotatable bonds is 3. The minimum Gasteiger partial charge on any atom is -0.481 e. The van der Waals surface area contributed by atoms with Gasteiger partial charge in [0.05, 0.1) is 30.4 Å². The average Bonchev–Trinajstić information content (AvgIpc) is 2.60. The summed E-state index contributed by atoms with van der Waals surface area (Å²) in [6, 6.07) is 9.17. The van der Waals surface area contributed by atoms with Crippen LogP contribution in [0.1, 0.15) is 38.2 Å². The van der Waals surface area contributed by atoms with Crippen LogP contribution in [0.15, 0.2) is 24.3 Å². The topological polar surface area (TPSA) is 62.6 Å². The van der Waals surface area contributed by atoms with Crippen LogP contribution >= 0.6 is 0 Å². The molecular formula is C18H22N2O3. The van der Waals surface area contributed by atoms with Crippen LogP contribution in [-0.4, -0.2) is 42.2 Å². The number of amides is 1. The van der Waals surface area contributed by atoms with E-state index in [9.17, 15) is 4.79 Å². The average molecular weight is 314 g/mol. The van der Waals surface area contributed by atoms with Crippen molar-refractivity contribution in [2.75, 3.05) is 13.2 Å². The van der Waals surface area contributed by atoms with Crippen molar-refractivity contribution >= 4 is 5.91 Å². The summed E-state index contributed by atoms with van der Waals surface area (Å²) in [4.78, 5) is 14.7. The Balaban J connectivity index is 1.67. The normalized spacial score (nSPS) is 25.1. The van der Waals surface area contributed by atoms with Gasteiger partial charge in [0.25, 0.3) is 5.91 Å². The van der Waals surface area contributed by atoms with Gasteiger partial charge in [0.2, 0.25) is 0 Å². The molecule has 2 fully saturated rings. The van der Waals surface area contributed by atoms with E-state index in [1.165, 1.54) is 6.42 Å². The van der Waals surface area contributed by atoms with Gasteiger partial charge >= 0.3 is 0 Å². The van der Waals surface area contributed by atoms with E-state index in [4.69, 9.17) is 14.7 Å². The second-order valence-corrected chi connectivity index (χ2v) is 6.19. The lowest BCUT2D eigenvalue weighted by atomic mass is 9.90. The lowest BCUT2D eigenvalue weighted by molar-refractivity contribution is -0.155. The van der Waals surface area contributed by atoms with Crippen LogP contribution < -0.4 is 4.74 Å². The van der Waals surface area contributed by atoms with Gasteiger partial charge in [0.1, 0.15) is 5.75 Å². The quantitative estimate of drug-likeness (QED) is 0.860. The summed E-state index contributed by atoms with van der Waals surface area (Å²) in [6.07, 6.45) is 3.98. The van der Waals surface area contributed by atoms with E-state index in [1.54, 1.807) is 31.2 Å². The first-order valence-corrected chi connectivity index (χ1v) is 8.28. The fourth-order valence-corrected chi connectivity index (χ4v) is 3.50. The molecule has 1 aromatic carbocycles. The second kappa shape index (κ2) is 7.01. The molecule has 0 bridgehead atoms. The molecule has 3 unspecified atom stereocenters. The standard InChI is InChI=1S/C18H22N2O3/c1-13(23-15-6-4-5-14(11-15)12-19)18(21)20-9-10-22-17-8-3-2-7-16(17)20/h4-6,11,13,16-17H,2-3,7-10H2,1H3. The summed E-state index contributed by atoms with van der Waals surface area (Å²) in [6.45, 7) is 3.00. The molecule has 0 N–H and O–H groups in total. The first-order chi connectivity index (χ1) is 11.2. The van der Waals surface area contributed by atoms with Crippen molar-refractivity contribution in [3.8, 4) is 11.8 Å². The smallest absolute Gasteiger partial charge is 0.263 e. The fourth-order valence-electron chi connectivity index (χ4n) is 3.50. The Morgan fingerprint density at radius 1 is 1.43 bits per heavy atom. The predicted molar refractivity (Wildman–Crippen MR) is 85.0 cm³/mol. The van der Waals surface area contributed by atoms with Gasteiger partial charge in [-0.1, -0.05) is 18.9 Å². The van der Waals surface area contributed by atoms with Gasteiger partial charge < -0.3 is 14.4 Å². The largest absolute Gasteiger partial charge is 0.481 e. The SMILES string of the molecule is CC(Oc1cccc(C#N)c1)C(=O)N1CCOC2CCCCC21. The molecule has 3 atom stereocenters. The molecule has 1 aliphatic carbocycles. The molecule has 1 heterocycles. The number of nitrogens with zero attached hydrogens (tertiary/aromatic N) is 2. The Morgan fingerprint density at radius 2 is 2.26 bits per heavy atom. The molecule has 2 aliphatic rings. The van der Waals surface area contributed by atoms with Gasteiger partial charge in [-0.25, -0.2) is 0 Å². The molecule has 5 heteroatoms. The van der Waals surface area contributed by atoms with Crippen molar-refractivity contribution in [2.45, 2.75) is 50.9 Å². The number of hydrogen-bond donors (Lipinski definition) is 0. The molecular weight excluding hydrogens is 292 g/mol. The molecule has 23 heavy (non-hydrogen) atoms. The molecule has 3 rings (SSSR count). The molecule has 0 spiro atoms. The zero-order chi connectivity index (χ0) is 16.2. The second-order valence-electron chi connectivity index (χ2n) is 6.19. The van der Waals surface area contributed by atoms with Crippen LogP contribution in [0.4, 0.5) is 0 Å². The number of benzene rings is 1. The monoisotopic (exact) mass is 314 g/mol. The zero-order valence-electron chi connectivity index (χ0n) is 13.4. The summed E-state index contributed by atoms with van der Waals surface area (Å²) in [5.41, 5.74) is 0.529. The van der Waals surface area contributed by atoms with E-state index < -0.39 is 6.10 Å². The Labute approximate surface area is 136 Å². The molecule has 0 aromatic heterocycles. The van der Waals surface area contributed by atoms with E-state index in [2.05, 4.69) is 6.07 Å². The molecule has 5 nitrogen and oxygen atoms in total. The van der Waals surface area contributed by atoms with Gasteiger partial charge in [-0.3, -0.25) is 4.79 Å². The molecule has 1 amide bonds. The molecule has 1 aromatic rings. The Kier molecular flexibility index (Phi) is 4.82. The summed E-state index contributed by atoms with van der Waals surface area (Å²) in [7, 11) is 0. The first kappa shape index (κ1) is 15.8. The Bertz CT molecular complexity index is 609. The number of carbonyl (C=O) groups is 1. The summed E-state index contributed by atoms with van der Waals surface area (Å²) in [5, 5.41) is 8.94. The van der Waals surface area contributed by atoms with Crippen molar-refractivity contribution in [3.63, 3.8) is 0 Å². The van der Waals surface area contributed by atoms with Gasteiger partial charge in [0, 0.05) is 6.54 Å². The highest BCUT2D eigenvalue weighted by molar-refractivity contribution is 5.81. The predicted octanol–water partition coefficient (Wildman–Crippen LogP) is 2.50. The Morgan fingerprint density at radius 3 is 3.09 bits per heavy atom. The van der Waals surface area contributed by atoms with Crippen molar-refractivity contribution in [1.82, 2.24) is 4.90 Å². The molecule has 1 aliphatic heterocycles. The lowest BCUT2D eigenvalue weighted by Crippen LogP contribution is -2.57. The van der Waals surface area contributed by atoms with Crippen LogP contribution in [0.25, 0.3) is 0 Å². The highest BCUT2D eigenvalue weighted by Gasteiger charge is 2.38. The van der Waals surface area contributed by atoms with Crippen LogP contribution in [-0.2, 0) is 9.53 Å². The maximum Gasteiger partial charge on any atom is 0.263 e. The maximum atomic E-state index is 12.8. The number of morpholine rings is 1. The molecule has 1 saturated carbocycles. The maximum absolute atomic E-state index is 12.8.